The monoisotopic (exact) mass is 323 g/mol. The van der Waals surface area contributed by atoms with E-state index in [-0.39, 0.29) is 12.4 Å². The quantitative estimate of drug-likeness (QED) is 0.718. The number of rotatable bonds is 1. The summed E-state index contributed by atoms with van der Waals surface area (Å²) >= 11 is -1.97. The third-order valence-electron chi connectivity index (χ3n) is 2.56. The van der Waals surface area contributed by atoms with E-state index in [0.29, 0.717) is 13.1 Å². The van der Waals surface area contributed by atoms with Crippen LogP contribution in [0.4, 0.5) is 13.2 Å². The summed E-state index contributed by atoms with van der Waals surface area (Å²) in [6.45, 7) is 4.69. The normalized spacial score (nSPS) is 21.3. The number of halogens is 4. The van der Waals surface area contributed by atoms with Crippen molar-refractivity contribution in [2.75, 3.05) is 39.3 Å². The molecule has 2 N–H and O–H groups in total. The molecule has 108 valence electrons. The summed E-state index contributed by atoms with van der Waals surface area (Å²) < 4.78 is 34.8. The first-order chi connectivity index (χ1) is 8.08. The molecule has 1 aliphatic rings. The van der Waals surface area contributed by atoms with Crippen LogP contribution in [0.1, 0.15) is 19.3 Å². The molecule has 0 aromatic rings. The van der Waals surface area contributed by atoms with Gasteiger partial charge in [-0.25, -0.2) is 0 Å². The zero-order valence-corrected chi connectivity index (χ0v) is 12.7. The first kappa shape index (κ1) is 18.7. The summed E-state index contributed by atoms with van der Waals surface area (Å²) in [7, 11) is 0. The molecule has 0 spiro atoms. The van der Waals surface area contributed by atoms with Gasteiger partial charge in [-0.1, -0.05) is 0 Å². The SMILES string of the molecule is Cl.F[C](F)(F)[Ti][N]1CCCNCCCNCCC1. The first-order valence-corrected chi connectivity index (χ1v) is 7.57. The Balaban J connectivity index is 0.00000289. The second kappa shape index (κ2) is 10.5. The van der Waals surface area contributed by atoms with E-state index < -0.39 is 23.9 Å². The van der Waals surface area contributed by atoms with Crippen LogP contribution in [-0.4, -0.2) is 47.1 Å². The van der Waals surface area contributed by atoms with Crippen molar-refractivity contribution in [3.05, 3.63) is 0 Å². The molecule has 0 aromatic carbocycles. The van der Waals surface area contributed by atoms with Gasteiger partial charge in [-0.3, -0.25) is 0 Å². The zero-order valence-electron chi connectivity index (χ0n) is 10.4. The molecule has 0 bridgehead atoms. The average Bonchev–Trinajstić information content (AvgIpc) is 2.20. The Labute approximate surface area is 122 Å². The van der Waals surface area contributed by atoms with Gasteiger partial charge in [0.25, 0.3) is 0 Å². The van der Waals surface area contributed by atoms with Gasteiger partial charge in [0.15, 0.2) is 0 Å². The van der Waals surface area contributed by atoms with Gasteiger partial charge in [0.2, 0.25) is 0 Å². The minimum absolute atomic E-state index is 0. The third-order valence-corrected chi connectivity index (χ3v) is 4.14. The fourth-order valence-electron chi connectivity index (χ4n) is 1.78. The molecule has 1 rings (SSSR count). The fraction of sp³-hybridized carbons (Fsp3) is 1.00. The second-order valence-electron chi connectivity index (χ2n) is 4.16. The van der Waals surface area contributed by atoms with Gasteiger partial charge in [-0.05, 0) is 0 Å². The molecular weight excluding hydrogens is 302 g/mol. The van der Waals surface area contributed by atoms with Gasteiger partial charge in [0.05, 0.1) is 0 Å². The van der Waals surface area contributed by atoms with Crippen molar-refractivity contribution in [2.24, 2.45) is 0 Å². The van der Waals surface area contributed by atoms with E-state index in [1.54, 1.807) is 3.38 Å². The minimum atomic E-state index is -3.96. The van der Waals surface area contributed by atoms with Crippen LogP contribution in [0.3, 0.4) is 0 Å². The van der Waals surface area contributed by atoms with E-state index in [1.165, 1.54) is 0 Å². The Morgan fingerprint density at radius 1 is 0.833 bits per heavy atom. The van der Waals surface area contributed by atoms with Gasteiger partial charge in [0, 0.05) is 0 Å². The number of hydrogen-bond acceptors (Lipinski definition) is 3. The predicted octanol–water partition coefficient (Wildman–Crippen LogP) is 1.59. The van der Waals surface area contributed by atoms with Crippen LogP contribution in [-0.2, 0) is 19.4 Å². The van der Waals surface area contributed by atoms with Crippen molar-refractivity contribution in [3.63, 3.8) is 0 Å². The van der Waals surface area contributed by atoms with E-state index in [4.69, 9.17) is 0 Å². The number of hydrogen-bond donors (Lipinski definition) is 2. The van der Waals surface area contributed by atoms with Crippen LogP contribution in [0.25, 0.3) is 0 Å². The summed E-state index contributed by atoms with van der Waals surface area (Å²) in [6, 6.07) is 0. The van der Waals surface area contributed by atoms with Gasteiger partial charge < -0.3 is 0 Å². The van der Waals surface area contributed by atoms with Crippen LogP contribution in [0.15, 0.2) is 0 Å². The standard InChI is InChI=1S/C9H20N3.CF3.ClH.Ti/c1-4-10-6-2-8-12-9-3-7-11-5-1;2-1(3)4;;/h10-11H,1-9H2;;1H;/q-1;;;+1. The molecule has 18 heavy (non-hydrogen) atoms. The summed E-state index contributed by atoms with van der Waals surface area (Å²) in [5.41, 5.74) is 0. The Morgan fingerprint density at radius 2 is 1.28 bits per heavy atom. The second-order valence-corrected chi connectivity index (χ2v) is 6.38. The molecule has 0 aliphatic carbocycles. The maximum atomic E-state index is 12.4. The van der Waals surface area contributed by atoms with E-state index in [1.807, 2.05) is 0 Å². The van der Waals surface area contributed by atoms with Crippen LogP contribution in [0.2, 0.25) is 0 Å². The topological polar surface area (TPSA) is 27.3 Å². The van der Waals surface area contributed by atoms with Crippen molar-refractivity contribution in [1.29, 1.82) is 0 Å². The Bertz CT molecular complexity index is 195. The number of alkyl halides is 3. The predicted molar refractivity (Wildman–Crippen MR) is 64.5 cm³/mol. The fourth-order valence-corrected chi connectivity index (χ4v) is 3.18. The molecule has 0 radical (unpaired) electrons. The van der Waals surface area contributed by atoms with Crippen molar-refractivity contribution in [3.8, 4) is 0 Å². The van der Waals surface area contributed by atoms with Gasteiger partial charge in [-0.15, -0.1) is 12.4 Å². The van der Waals surface area contributed by atoms with Crippen molar-refractivity contribution in [1.82, 2.24) is 14.0 Å². The number of nitrogens with zero attached hydrogens (tertiary/aromatic N) is 1. The molecule has 0 atom stereocenters. The van der Waals surface area contributed by atoms with Gasteiger partial charge >= 0.3 is 110 Å². The van der Waals surface area contributed by atoms with Crippen LogP contribution < -0.4 is 10.6 Å². The summed E-state index contributed by atoms with van der Waals surface area (Å²) in [6.07, 6.45) is 2.71. The maximum absolute atomic E-state index is 12.4. The summed E-state index contributed by atoms with van der Waals surface area (Å²) in [5, 5.41) is 6.51. The molecule has 1 aliphatic heterocycles. The van der Waals surface area contributed by atoms with Gasteiger partial charge in [-0.2, -0.15) is 0 Å². The molecule has 1 heterocycles. The molecule has 0 amide bonds. The molecule has 1 fully saturated rings. The summed E-state index contributed by atoms with van der Waals surface area (Å²) in [4.78, 5) is 0. The van der Waals surface area contributed by atoms with Crippen molar-refractivity contribution < 1.29 is 32.6 Å². The molecule has 0 saturated carbocycles. The molecule has 3 nitrogen and oxygen atoms in total. The first-order valence-electron chi connectivity index (χ1n) is 6.09. The van der Waals surface area contributed by atoms with Crippen LogP contribution in [0, 0.1) is 0 Å². The van der Waals surface area contributed by atoms with Crippen molar-refractivity contribution in [2.45, 2.75) is 23.7 Å². The zero-order chi connectivity index (χ0) is 12.6. The Kier molecular flexibility index (Phi) is 10.9. The van der Waals surface area contributed by atoms with E-state index in [2.05, 4.69) is 10.6 Å². The van der Waals surface area contributed by atoms with E-state index in [9.17, 15) is 13.2 Å². The molecule has 0 unspecified atom stereocenters. The van der Waals surface area contributed by atoms with Crippen LogP contribution in [0.5, 0.6) is 0 Å². The molecule has 1 saturated heterocycles. The van der Waals surface area contributed by atoms with Crippen LogP contribution >= 0.6 is 12.4 Å². The van der Waals surface area contributed by atoms with Gasteiger partial charge in [0.1, 0.15) is 0 Å². The Morgan fingerprint density at radius 3 is 1.72 bits per heavy atom. The molecule has 0 aromatic heterocycles. The summed E-state index contributed by atoms with van der Waals surface area (Å²) in [5.74, 6) is 0. The molecular formula is C10H21ClF3N3Ti. The van der Waals surface area contributed by atoms with E-state index >= 15 is 0 Å². The number of nitrogens with one attached hydrogen (secondary N) is 2. The average molecular weight is 324 g/mol. The Hall–Kier alpha value is 0.674. The van der Waals surface area contributed by atoms with E-state index in [0.717, 1.165) is 45.4 Å². The van der Waals surface area contributed by atoms with Crippen molar-refractivity contribution >= 4 is 12.4 Å². The molecule has 8 heteroatoms. The third kappa shape index (κ3) is 10.6.